The summed E-state index contributed by atoms with van der Waals surface area (Å²) in [5.74, 6) is 0.586. The Morgan fingerprint density at radius 3 is 3.05 bits per heavy atom. The lowest BCUT2D eigenvalue weighted by Gasteiger charge is -2.11. The average Bonchev–Trinajstić information content (AvgIpc) is 3.03. The molecule has 1 fully saturated rings. The summed E-state index contributed by atoms with van der Waals surface area (Å²) < 4.78 is 2.09. The number of carbonyl (C=O) groups is 2. The fraction of sp³-hybridized carbons (Fsp3) is 0.400. The predicted molar refractivity (Wildman–Crippen MR) is 78.6 cm³/mol. The lowest BCUT2D eigenvalue weighted by Crippen LogP contribution is -2.34. The highest BCUT2D eigenvalue weighted by Crippen LogP contribution is 2.15. The van der Waals surface area contributed by atoms with Gasteiger partial charge in [-0.1, -0.05) is 12.1 Å². The maximum Gasteiger partial charge on any atom is 0.225 e. The number of fused-ring (bicyclic) bond motifs is 1. The molecule has 0 aliphatic carbocycles. The van der Waals surface area contributed by atoms with Gasteiger partial charge in [-0.15, -0.1) is 0 Å². The minimum Gasteiger partial charge on any atom is -0.355 e. The number of carbonyl (C=O) groups excluding carboxylic acids is 2. The van der Waals surface area contributed by atoms with Crippen LogP contribution in [0.2, 0.25) is 0 Å². The molecule has 2 heterocycles. The molecule has 6 heteroatoms. The maximum absolute atomic E-state index is 11.9. The number of imidazole rings is 1. The Morgan fingerprint density at radius 2 is 2.29 bits per heavy atom. The van der Waals surface area contributed by atoms with E-state index in [4.69, 9.17) is 0 Å². The third kappa shape index (κ3) is 2.74. The van der Waals surface area contributed by atoms with Crippen LogP contribution in [0.5, 0.6) is 0 Å². The van der Waals surface area contributed by atoms with Gasteiger partial charge in [-0.3, -0.25) is 9.59 Å². The number of aryl methyl sites for hydroxylation is 1. The van der Waals surface area contributed by atoms with E-state index in [2.05, 4.69) is 20.2 Å². The Balaban J connectivity index is 1.61. The zero-order chi connectivity index (χ0) is 14.8. The summed E-state index contributed by atoms with van der Waals surface area (Å²) in [5, 5.41) is 5.57. The first-order valence-electron chi connectivity index (χ1n) is 7.11. The molecule has 0 radical (unpaired) electrons. The van der Waals surface area contributed by atoms with Crippen molar-refractivity contribution in [2.24, 2.45) is 5.92 Å². The molecule has 2 N–H and O–H groups in total. The van der Waals surface area contributed by atoms with Gasteiger partial charge in [0.25, 0.3) is 0 Å². The number of amides is 2. The van der Waals surface area contributed by atoms with Gasteiger partial charge in [-0.05, 0) is 19.1 Å². The van der Waals surface area contributed by atoms with E-state index in [-0.39, 0.29) is 17.7 Å². The van der Waals surface area contributed by atoms with Crippen molar-refractivity contribution in [1.82, 2.24) is 20.2 Å². The van der Waals surface area contributed by atoms with E-state index in [1.807, 2.05) is 31.2 Å². The molecule has 2 aromatic rings. The molecule has 1 aliphatic rings. The Hall–Kier alpha value is -2.37. The molecule has 0 saturated carbocycles. The van der Waals surface area contributed by atoms with E-state index in [9.17, 15) is 9.59 Å². The molecule has 0 spiro atoms. The van der Waals surface area contributed by atoms with Gasteiger partial charge in [0.2, 0.25) is 11.8 Å². The first-order valence-corrected chi connectivity index (χ1v) is 7.11. The van der Waals surface area contributed by atoms with Gasteiger partial charge in [0.15, 0.2) is 0 Å². The fourth-order valence-electron chi connectivity index (χ4n) is 2.70. The fourth-order valence-corrected chi connectivity index (χ4v) is 2.70. The van der Waals surface area contributed by atoms with Crippen LogP contribution in [0, 0.1) is 12.8 Å². The third-order valence-corrected chi connectivity index (χ3v) is 3.83. The summed E-state index contributed by atoms with van der Waals surface area (Å²) in [5.41, 5.74) is 2.04. The highest BCUT2D eigenvalue weighted by Gasteiger charge is 2.27. The average molecular weight is 286 g/mol. The number of hydrogen-bond donors (Lipinski definition) is 2. The molecule has 1 aromatic heterocycles. The first kappa shape index (κ1) is 13.6. The molecule has 1 saturated heterocycles. The van der Waals surface area contributed by atoms with Gasteiger partial charge >= 0.3 is 0 Å². The molecule has 1 aliphatic heterocycles. The largest absolute Gasteiger partial charge is 0.355 e. The molecule has 1 aromatic carbocycles. The van der Waals surface area contributed by atoms with Crippen LogP contribution in [-0.4, -0.2) is 34.5 Å². The van der Waals surface area contributed by atoms with Crippen LogP contribution in [-0.2, 0) is 16.1 Å². The minimum absolute atomic E-state index is 0.0494. The summed E-state index contributed by atoms with van der Waals surface area (Å²) in [6.07, 6.45) is 0.291. The van der Waals surface area contributed by atoms with Crippen molar-refractivity contribution in [2.45, 2.75) is 19.9 Å². The topological polar surface area (TPSA) is 76.0 Å². The van der Waals surface area contributed by atoms with E-state index >= 15 is 0 Å². The number of nitrogens with one attached hydrogen (secondary N) is 2. The summed E-state index contributed by atoms with van der Waals surface area (Å²) in [7, 11) is 0. The van der Waals surface area contributed by atoms with Crippen LogP contribution < -0.4 is 10.6 Å². The Morgan fingerprint density at radius 1 is 1.48 bits per heavy atom. The van der Waals surface area contributed by atoms with Crippen molar-refractivity contribution in [3.8, 4) is 0 Å². The number of aromatic nitrogens is 2. The predicted octanol–water partition coefficient (Wildman–Crippen LogP) is 0.597. The van der Waals surface area contributed by atoms with Crippen molar-refractivity contribution in [1.29, 1.82) is 0 Å². The molecule has 2 amide bonds. The highest BCUT2D eigenvalue weighted by atomic mass is 16.2. The van der Waals surface area contributed by atoms with Crippen LogP contribution in [0.25, 0.3) is 11.0 Å². The van der Waals surface area contributed by atoms with E-state index in [0.29, 0.717) is 26.1 Å². The van der Waals surface area contributed by atoms with Gasteiger partial charge in [-0.2, -0.15) is 0 Å². The number of para-hydroxylation sites is 2. The smallest absolute Gasteiger partial charge is 0.225 e. The van der Waals surface area contributed by atoms with E-state index < -0.39 is 0 Å². The van der Waals surface area contributed by atoms with Crippen LogP contribution in [0.15, 0.2) is 24.3 Å². The quantitative estimate of drug-likeness (QED) is 0.864. The van der Waals surface area contributed by atoms with Crippen LogP contribution >= 0.6 is 0 Å². The van der Waals surface area contributed by atoms with Gasteiger partial charge in [-0.25, -0.2) is 4.98 Å². The van der Waals surface area contributed by atoms with Crippen molar-refractivity contribution >= 4 is 22.8 Å². The zero-order valence-electron chi connectivity index (χ0n) is 11.9. The normalized spacial score (nSPS) is 18.0. The Bertz CT molecular complexity index is 692. The molecular weight excluding hydrogens is 268 g/mol. The first-order chi connectivity index (χ1) is 10.1. The molecule has 1 atom stereocenters. The van der Waals surface area contributed by atoms with Crippen LogP contribution in [0.1, 0.15) is 12.2 Å². The molecule has 6 nitrogen and oxygen atoms in total. The SMILES string of the molecule is Cc1nc2ccccc2n1CCNC(=O)C1CNC(=O)C1. The Kier molecular flexibility index (Phi) is 3.60. The van der Waals surface area contributed by atoms with Crippen molar-refractivity contribution < 1.29 is 9.59 Å². The molecule has 110 valence electrons. The van der Waals surface area contributed by atoms with Crippen molar-refractivity contribution in [3.63, 3.8) is 0 Å². The molecule has 1 unspecified atom stereocenters. The number of benzene rings is 1. The van der Waals surface area contributed by atoms with Gasteiger partial charge < -0.3 is 15.2 Å². The van der Waals surface area contributed by atoms with Crippen LogP contribution in [0.4, 0.5) is 0 Å². The highest BCUT2D eigenvalue weighted by molar-refractivity contribution is 5.89. The van der Waals surface area contributed by atoms with Crippen molar-refractivity contribution in [2.75, 3.05) is 13.1 Å². The van der Waals surface area contributed by atoms with Gasteiger partial charge in [0.1, 0.15) is 5.82 Å². The summed E-state index contributed by atoms with van der Waals surface area (Å²) in [4.78, 5) is 27.5. The van der Waals surface area contributed by atoms with E-state index in [1.54, 1.807) is 0 Å². The summed E-state index contributed by atoms with van der Waals surface area (Å²) in [6.45, 7) is 3.61. The van der Waals surface area contributed by atoms with Gasteiger partial charge in [0.05, 0.1) is 17.0 Å². The second kappa shape index (κ2) is 5.55. The Labute approximate surface area is 122 Å². The third-order valence-electron chi connectivity index (χ3n) is 3.83. The minimum atomic E-state index is -0.238. The summed E-state index contributed by atoms with van der Waals surface area (Å²) >= 11 is 0. The lowest BCUT2D eigenvalue weighted by atomic mass is 10.1. The standard InChI is InChI=1S/C15H18N4O2/c1-10-18-12-4-2-3-5-13(12)19(10)7-6-16-15(21)11-8-14(20)17-9-11/h2-5,11H,6-9H2,1H3,(H,16,21)(H,17,20). The molecule has 21 heavy (non-hydrogen) atoms. The lowest BCUT2D eigenvalue weighted by molar-refractivity contribution is -0.126. The van der Waals surface area contributed by atoms with E-state index in [1.165, 1.54) is 0 Å². The monoisotopic (exact) mass is 286 g/mol. The summed E-state index contributed by atoms with van der Waals surface area (Å²) in [6, 6.07) is 7.95. The van der Waals surface area contributed by atoms with E-state index in [0.717, 1.165) is 16.9 Å². The number of nitrogens with zero attached hydrogens (tertiary/aromatic N) is 2. The molecule has 3 rings (SSSR count). The van der Waals surface area contributed by atoms with Crippen molar-refractivity contribution in [3.05, 3.63) is 30.1 Å². The second-order valence-electron chi connectivity index (χ2n) is 5.30. The van der Waals surface area contributed by atoms with Crippen LogP contribution in [0.3, 0.4) is 0 Å². The van der Waals surface area contributed by atoms with Gasteiger partial charge in [0, 0.05) is 26.1 Å². The maximum atomic E-state index is 11.9. The number of hydrogen-bond acceptors (Lipinski definition) is 3. The molecular formula is C15H18N4O2. The second-order valence-corrected chi connectivity index (χ2v) is 5.30. The zero-order valence-corrected chi connectivity index (χ0v) is 11.9. The molecule has 0 bridgehead atoms. The number of rotatable bonds is 4.